The molecule has 17 heavy (non-hydrogen) atoms. The second-order valence-corrected chi connectivity index (χ2v) is 6.24. The van der Waals surface area contributed by atoms with Gasteiger partial charge in [-0.3, -0.25) is 0 Å². The minimum Gasteiger partial charge on any atom is -0.351 e. The molecule has 90 valence electrons. The first-order valence-electron chi connectivity index (χ1n) is 5.75. The molecule has 0 aromatic carbocycles. The van der Waals surface area contributed by atoms with Gasteiger partial charge in [-0.1, -0.05) is 0 Å². The number of imidazole rings is 1. The molecule has 0 spiro atoms. The van der Waals surface area contributed by atoms with Gasteiger partial charge in [-0.15, -0.1) is 11.3 Å². The summed E-state index contributed by atoms with van der Waals surface area (Å²) in [4.78, 5) is 5.86. The van der Waals surface area contributed by atoms with Crippen molar-refractivity contribution in [3.8, 4) is 0 Å². The number of rotatable bonds is 4. The van der Waals surface area contributed by atoms with E-state index in [1.54, 1.807) is 11.3 Å². The third-order valence-corrected chi connectivity index (χ3v) is 4.82. The summed E-state index contributed by atoms with van der Waals surface area (Å²) in [6, 6.07) is 2.76. The second kappa shape index (κ2) is 4.46. The van der Waals surface area contributed by atoms with Crippen molar-refractivity contribution in [1.29, 1.82) is 0 Å². The number of hydrogen-bond acceptors (Lipinski definition) is 3. The lowest BCUT2D eigenvalue weighted by atomic mass is 10.5. The van der Waals surface area contributed by atoms with Crippen molar-refractivity contribution >= 4 is 33.2 Å². The summed E-state index contributed by atoms with van der Waals surface area (Å²) in [6.45, 7) is 2.88. The molecule has 1 saturated carbocycles. The van der Waals surface area contributed by atoms with Crippen molar-refractivity contribution < 1.29 is 0 Å². The number of halogens is 1. The molecule has 1 aliphatic rings. The van der Waals surface area contributed by atoms with Gasteiger partial charge in [0.15, 0.2) is 0 Å². The van der Waals surface area contributed by atoms with Gasteiger partial charge >= 0.3 is 0 Å². The highest BCUT2D eigenvalue weighted by Gasteiger charge is 2.26. The Bertz CT molecular complexity index is 528. The maximum absolute atomic E-state index is 4.54. The van der Waals surface area contributed by atoms with E-state index in [1.807, 2.05) is 6.92 Å². The van der Waals surface area contributed by atoms with Crippen molar-refractivity contribution in [2.75, 3.05) is 5.32 Å². The average Bonchev–Trinajstić information content (AvgIpc) is 2.97. The number of aryl methyl sites for hydroxylation is 1. The van der Waals surface area contributed by atoms with Gasteiger partial charge in [0.05, 0.1) is 12.2 Å². The molecule has 5 heteroatoms. The number of nitrogens with zero attached hydrogens (tertiary/aromatic N) is 2. The Hall–Kier alpha value is -0.810. The molecule has 1 N–H and O–H groups in total. The lowest BCUT2D eigenvalue weighted by Crippen LogP contribution is -2.05. The van der Waals surface area contributed by atoms with Gasteiger partial charge in [-0.05, 0) is 47.1 Å². The summed E-state index contributed by atoms with van der Waals surface area (Å²) < 4.78 is 3.45. The van der Waals surface area contributed by atoms with Gasteiger partial charge in [-0.25, -0.2) is 4.98 Å². The zero-order chi connectivity index (χ0) is 11.8. The van der Waals surface area contributed by atoms with Crippen LogP contribution in [0.2, 0.25) is 0 Å². The maximum Gasteiger partial charge on any atom is 0.203 e. The largest absolute Gasteiger partial charge is 0.351 e. The third kappa shape index (κ3) is 2.40. The molecule has 3 nitrogen and oxygen atoms in total. The smallest absolute Gasteiger partial charge is 0.203 e. The van der Waals surface area contributed by atoms with Crippen LogP contribution >= 0.6 is 27.3 Å². The molecule has 2 aromatic rings. The first kappa shape index (κ1) is 11.3. The van der Waals surface area contributed by atoms with Crippen LogP contribution in [0.3, 0.4) is 0 Å². The van der Waals surface area contributed by atoms with Gasteiger partial charge in [-0.2, -0.15) is 0 Å². The number of hydrogen-bond donors (Lipinski definition) is 1. The molecule has 2 heterocycles. The summed E-state index contributed by atoms with van der Waals surface area (Å²) in [6.07, 6.45) is 4.71. The molecule has 0 aliphatic heterocycles. The van der Waals surface area contributed by atoms with E-state index >= 15 is 0 Å². The fourth-order valence-corrected chi connectivity index (χ4v) is 3.32. The number of anilines is 1. The van der Waals surface area contributed by atoms with Gasteiger partial charge < -0.3 is 9.88 Å². The van der Waals surface area contributed by atoms with Gasteiger partial charge in [0.1, 0.15) is 0 Å². The van der Waals surface area contributed by atoms with E-state index < -0.39 is 0 Å². The normalized spacial score (nSPS) is 15.2. The fraction of sp³-hybridized carbons (Fsp3) is 0.417. The zero-order valence-electron chi connectivity index (χ0n) is 9.61. The first-order valence-corrected chi connectivity index (χ1v) is 7.42. The van der Waals surface area contributed by atoms with Crippen LogP contribution in [0.5, 0.6) is 0 Å². The van der Waals surface area contributed by atoms with Crippen LogP contribution in [0.4, 0.5) is 5.95 Å². The molecule has 0 unspecified atom stereocenters. The van der Waals surface area contributed by atoms with Crippen LogP contribution in [0.25, 0.3) is 0 Å². The molecule has 0 radical (unpaired) electrons. The Morgan fingerprint density at radius 2 is 2.41 bits per heavy atom. The minimum atomic E-state index is 0.672. The van der Waals surface area contributed by atoms with Gasteiger partial charge in [0, 0.05) is 21.6 Å². The summed E-state index contributed by atoms with van der Waals surface area (Å²) in [5.41, 5.74) is 1.09. The summed E-state index contributed by atoms with van der Waals surface area (Å²) in [5.74, 6) is 1.00. The van der Waals surface area contributed by atoms with E-state index in [4.69, 9.17) is 0 Å². The van der Waals surface area contributed by atoms with Crippen molar-refractivity contribution in [2.24, 2.45) is 0 Å². The van der Waals surface area contributed by atoms with Gasteiger partial charge in [0.25, 0.3) is 0 Å². The molecule has 1 aliphatic carbocycles. The van der Waals surface area contributed by atoms with E-state index in [-0.39, 0.29) is 0 Å². The van der Waals surface area contributed by atoms with E-state index in [0.717, 1.165) is 18.2 Å². The van der Waals surface area contributed by atoms with E-state index in [0.29, 0.717) is 6.04 Å². The van der Waals surface area contributed by atoms with Crippen LogP contribution in [0, 0.1) is 6.92 Å². The highest BCUT2D eigenvalue weighted by molar-refractivity contribution is 9.10. The number of thiophene rings is 1. The predicted octanol–water partition coefficient (Wildman–Crippen LogP) is 3.96. The van der Waals surface area contributed by atoms with E-state index in [2.05, 4.69) is 48.4 Å². The van der Waals surface area contributed by atoms with Crippen LogP contribution < -0.4 is 5.32 Å². The Morgan fingerprint density at radius 1 is 1.59 bits per heavy atom. The zero-order valence-corrected chi connectivity index (χ0v) is 12.0. The molecule has 3 rings (SSSR count). The fourth-order valence-electron chi connectivity index (χ4n) is 1.89. The molecular weight excluding hydrogens is 298 g/mol. The highest BCUT2D eigenvalue weighted by atomic mass is 79.9. The molecule has 0 atom stereocenters. The van der Waals surface area contributed by atoms with Gasteiger partial charge in [0.2, 0.25) is 5.95 Å². The topological polar surface area (TPSA) is 29.9 Å². The summed E-state index contributed by atoms with van der Waals surface area (Å²) >= 11 is 5.31. The number of aromatic nitrogens is 2. The van der Waals surface area contributed by atoms with E-state index in [9.17, 15) is 0 Å². The molecular formula is C12H14BrN3S. The Balaban J connectivity index is 1.74. The minimum absolute atomic E-state index is 0.672. The Kier molecular flexibility index (Phi) is 2.96. The highest BCUT2D eigenvalue weighted by Crippen LogP contribution is 2.37. The third-order valence-electron chi connectivity index (χ3n) is 2.89. The van der Waals surface area contributed by atoms with Crippen molar-refractivity contribution in [1.82, 2.24) is 9.55 Å². The quantitative estimate of drug-likeness (QED) is 0.926. The second-order valence-electron chi connectivity index (χ2n) is 4.39. The van der Waals surface area contributed by atoms with Crippen LogP contribution in [0.15, 0.2) is 22.1 Å². The average molecular weight is 312 g/mol. The lowest BCUT2D eigenvalue weighted by molar-refractivity contribution is 0.743. The molecule has 1 fully saturated rings. The summed E-state index contributed by atoms with van der Waals surface area (Å²) in [7, 11) is 0. The van der Waals surface area contributed by atoms with Crippen molar-refractivity contribution in [2.45, 2.75) is 32.4 Å². The molecule has 0 saturated heterocycles. The van der Waals surface area contributed by atoms with Crippen LogP contribution in [0.1, 0.15) is 29.5 Å². The van der Waals surface area contributed by atoms with Crippen molar-refractivity contribution in [3.63, 3.8) is 0 Å². The predicted molar refractivity (Wildman–Crippen MR) is 74.6 cm³/mol. The van der Waals surface area contributed by atoms with Crippen LogP contribution in [-0.2, 0) is 6.54 Å². The molecule has 0 bridgehead atoms. The van der Waals surface area contributed by atoms with Crippen LogP contribution in [-0.4, -0.2) is 9.55 Å². The maximum atomic E-state index is 4.54. The monoisotopic (exact) mass is 311 g/mol. The first-order chi connectivity index (χ1) is 8.24. The van der Waals surface area contributed by atoms with Crippen molar-refractivity contribution in [3.05, 3.63) is 32.7 Å². The van der Waals surface area contributed by atoms with E-state index in [1.165, 1.54) is 22.2 Å². The molecule has 2 aromatic heterocycles. The standard InChI is InChI=1S/C12H14BrN3S/c1-8-7-16(9-2-3-9)12(15-8)14-6-11-10(13)4-5-17-11/h4-5,7,9H,2-3,6H2,1H3,(H,14,15). The Morgan fingerprint density at radius 3 is 3.06 bits per heavy atom. The summed E-state index contributed by atoms with van der Waals surface area (Å²) in [5, 5.41) is 5.53. The number of nitrogens with one attached hydrogen (secondary N) is 1. The SMILES string of the molecule is Cc1cn(C2CC2)c(NCc2sccc2Br)n1. The Labute approximate surface area is 113 Å². The lowest BCUT2D eigenvalue weighted by Gasteiger charge is -2.07. The molecule has 0 amide bonds.